The van der Waals surface area contributed by atoms with Gasteiger partial charge in [-0.05, 0) is 0 Å². The van der Waals surface area contributed by atoms with Crippen LogP contribution in [0.2, 0.25) is 0 Å². The van der Waals surface area contributed by atoms with Gasteiger partial charge < -0.3 is 15.4 Å². The number of hydrogen-bond donors (Lipinski definition) is 2. The standard InChI is InChI=1S/C9H17N3O2S/c1-2-15(14)4-3-12-7-11-5-9(12)8(10)6-13/h5,7-8,13H,2-4,6,10H2,1H3. The second-order valence-electron chi connectivity index (χ2n) is 3.23. The average Bonchev–Trinajstić information content (AvgIpc) is 2.72. The molecule has 0 bridgehead atoms. The number of hydrogen-bond acceptors (Lipinski definition) is 4. The Morgan fingerprint density at radius 1 is 1.73 bits per heavy atom. The minimum Gasteiger partial charge on any atom is -0.394 e. The lowest BCUT2D eigenvalue weighted by Gasteiger charge is -2.11. The smallest absolute Gasteiger partial charge is 0.0948 e. The van der Waals surface area contributed by atoms with E-state index >= 15 is 0 Å². The highest BCUT2D eigenvalue weighted by Crippen LogP contribution is 2.08. The monoisotopic (exact) mass is 231 g/mol. The van der Waals surface area contributed by atoms with Crippen molar-refractivity contribution in [3.63, 3.8) is 0 Å². The first-order valence-electron chi connectivity index (χ1n) is 4.90. The zero-order chi connectivity index (χ0) is 11.3. The molecule has 0 saturated heterocycles. The van der Waals surface area contributed by atoms with Gasteiger partial charge in [-0.1, -0.05) is 6.92 Å². The first kappa shape index (κ1) is 12.4. The van der Waals surface area contributed by atoms with Gasteiger partial charge in [-0.2, -0.15) is 0 Å². The highest BCUT2D eigenvalue weighted by Gasteiger charge is 2.10. The van der Waals surface area contributed by atoms with Gasteiger partial charge in [0.25, 0.3) is 0 Å². The van der Waals surface area contributed by atoms with Crippen molar-refractivity contribution in [1.29, 1.82) is 0 Å². The molecule has 15 heavy (non-hydrogen) atoms. The van der Waals surface area contributed by atoms with Gasteiger partial charge in [-0.3, -0.25) is 4.21 Å². The Balaban J connectivity index is 2.61. The van der Waals surface area contributed by atoms with Gasteiger partial charge in [0.15, 0.2) is 0 Å². The Labute approximate surface area is 91.8 Å². The first-order chi connectivity index (χ1) is 7.19. The van der Waals surface area contributed by atoms with Crippen molar-refractivity contribution in [3.8, 4) is 0 Å². The molecule has 0 spiro atoms. The average molecular weight is 231 g/mol. The molecule has 86 valence electrons. The van der Waals surface area contributed by atoms with Crippen molar-refractivity contribution in [2.75, 3.05) is 18.1 Å². The normalized spacial score (nSPS) is 15.1. The molecule has 1 aromatic heterocycles. The van der Waals surface area contributed by atoms with E-state index in [1.165, 1.54) is 0 Å². The number of aromatic nitrogens is 2. The lowest BCUT2D eigenvalue weighted by molar-refractivity contribution is 0.263. The molecule has 0 aromatic carbocycles. The summed E-state index contributed by atoms with van der Waals surface area (Å²) >= 11 is 0. The molecule has 3 N–H and O–H groups in total. The number of aryl methyl sites for hydroxylation is 1. The Morgan fingerprint density at radius 2 is 2.47 bits per heavy atom. The summed E-state index contributed by atoms with van der Waals surface area (Å²) in [5.41, 5.74) is 6.47. The van der Waals surface area contributed by atoms with Gasteiger partial charge in [0, 0.05) is 35.0 Å². The third-order valence-electron chi connectivity index (χ3n) is 2.20. The summed E-state index contributed by atoms with van der Waals surface area (Å²) in [6.07, 6.45) is 3.29. The molecule has 0 saturated carbocycles. The Hall–Kier alpha value is -0.720. The summed E-state index contributed by atoms with van der Waals surface area (Å²) in [7, 11) is -0.787. The molecule has 2 unspecified atom stereocenters. The van der Waals surface area contributed by atoms with Crippen molar-refractivity contribution in [3.05, 3.63) is 18.2 Å². The number of aliphatic hydroxyl groups excluding tert-OH is 1. The van der Waals surface area contributed by atoms with E-state index in [-0.39, 0.29) is 6.61 Å². The molecule has 2 atom stereocenters. The molecule has 0 aliphatic carbocycles. The van der Waals surface area contributed by atoms with Crippen LogP contribution in [0.4, 0.5) is 0 Å². The second-order valence-corrected chi connectivity index (χ2v) is 5.10. The number of nitrogens with two attached hydrogens (primary N) is 1. The summed E-state index contributed by atoms with van der Waals surface area (Å²) < 4.78 is 13.1. The topological polar surface area (TPSA) is 81.1 Å². The summed E-state index contributed by atoms with van der Waals surface area (Å²) in [6, 6.07) is -0.414. The van der Waals surface area contributed by atoms with Crippen molar-refractivity contribution in [1.82, 2.24) is 9.55 Å². The van der Waals surface area contributed by atoms with Crippen LogP contribution in [-0.2, 0) is 17.3 Å². The third kappa shape index (κ3) is 3.40. The number of nitrogens with zero attached hydrogens (tertiary/aromatic N) is 2. The Kier molecular flexibility index (Phi) is 4.93. The molecular weight excluding hydrogens is 214 g/mol. The van der Waals surface area contributed by atoms with E-state index in [1.807, 2.05) is 11.5 Å². The fraction of sp³-hybridized carbons (Fsp3) is 0.667. The van der Waals surface area contributed by atoms with Crippen molar-refractivity contribution < 1.29 is 9.32 Å². The van der Waals surface area contributed by atoms with Crippen molar-refractivity contribution >= 4 is 10.8 Å². The predicted molar refractivity (Wildman–Crippen MR) is 59.8 cm³/mol. The van der Waals surface area contributed by atoms with Gasteiger partial charge in [0.2, 0.25) is 0 Å². The fourth-order valence-electron chi connectivity index (χ4n) is 1.26. The van der Waals surface area contributed by atoms with Gasteiger partial charge in [0.1, 0.15) is 0 Å². The summed E-state index contributed by atoms with van der Waals surface area (Å²) in [4.78, 5) is 3.97. The molecule has 1 rings (SSSR count). The van der Waals surface area contributed by atoms with Crippen LogP contribution in [0.15, 0.2) is 12.5 Å². The molecule has 1 heterocycles. The van der Waals surface area contributed by atoms with E-state index in [2.05, 4.69) is 4.98 Å². The summed E-state index contributed by atoms with van der Waals surface area (Å²) in [5, 5.41) is 8.93. The highest BCUT2D eigenvalue weighted by molar-refractivity contribution is 7.84. The Morgan fingerprint density at radius 3 is 3.07 bits per heavy atom. The maximum Gasteiger partial charge on any atom is 0.0948 e. The fourth-order valence-corrected chi connectivity index (χ4v) is 1.95. The number of aliphatic hydroxyl groups is 1. The second kappa shape index (κ2) is 5.99. The van der Waals surface area contributed by atoms with Crippen LogP contribution in [0, 0.1) is 0 Å². The van der Waals surface area contributed by atoms with Crippen molar-refractivity contribution in [2.45, 2.75) is 19.5 Å². The zero-order valence-electron chi connectivity index (χ0n) is 8.80. The summed E-state index contributed by atoms with van der Waals surface area (Å²) in [5.74, 6) is 1.26. The SMILES string of the molecule is CCS(=O)CCn1cncc1C(N)CO. The lowest BCUT2D eigenvalue weighted by atomic mass is 10.2. The maximum absolute atomic E-state index is 11.3. The first-order valence-corrected chi connectivity index (χ1v) is 6.39. The van der Waals surface area contributed by atoms with Gasteiger partial charge in [-0.15, -0.1) is 0 Å². The minimum atomic E-state index is -0.787. The number of imidazole rings is 1. The molecule has 6 heteroatoms. The van der Waals surface area contributed by atoms with Crippen LogP contribution in [0.1, 0.15) is 18.7 Å². The van der Waals surface area contributed by atoms with E-state index in [4.69, 9.17) is 10.8 Å². The third-order valence-corrected chi connectivity index (χ3v) is 3.48. The van der Waals surface area contributed by atoms with Crippen molar-refractivity contribution in [2.24, 2.45) is 5.73 Å². The molecule has 1 aromatic rings. The Bertz CT molecular complexity index is 327. The quantitative estimate of drug-likeness (QED) is 0.701. The molecular formula is C9H17N3O2S. The minimum absolute atomic E-state index is 0.109. The van der Waals surface area contributed by atoms with E-state index in [0.717, 1.165) is 5.69 Å². The van der Waals surface area contributed by atoms with E-state index in [1.54, 1.807) is 12.5 Å². The van der Waals surface area contributed by atoms with Crippen LogP contribution in [0.3, 0.4) is 0 Å². The maximum atomic E-state index is 11.3. The number of rotatable bonds is 6. The van der Waals surface area contributed by atoms with E-state index in [9.17, 15) is 4.21 Å². The molecule has 5 nitrogen and oxygen atoms in total. The summed E-state index contributed by atoms with van der Waals surface area (Å²) in [6.45, 7) is 2.41. The molecule has 0 radical (unpaired) electrons. The highest BCUT2D eigenvalue weighted by atomic mass is 32.2. The zero-order valence-corrected chi connectivity index (χ0v) is 9.61. The molecule has 0 aliphatic heterocycles. The van der Waals surface area contributed by atoms with Crippen LogP contribution in [0.25, 0.3) is 0 Å². The molecule has 0 amide bonds. The molecule has 0 fully saturated rings. The van der Waals surface area contributed by atoms with Gasteiger partial charge >= 0.3 is 0 Å². The predicted octanol–water partition coefficient (Wildman–Crippen LogP) is -0.356. The van der Waals surface area contributed by atoms with E-state index in [0.29, 0.717) is 18.1 Å². The molecule has 0 aliphatic rings. The van der Waals surface area contributed by atoms with E-state index < -0.39 is 16.8 Å². The largest absolute Gasteiger partial charge is 0.394 e. The lowest BCUT2D eigenvalue weighted by Crippen LogP contribution is -2.20. The van der Waals surface area contributed by atoms with Crippen LogP contribution in [0.5, 0.6) is 0 Å². The van der Waals surface area contributed by atoms with Crippen LogP contribution < -0.4 is 5.73 Å². The van der Waals surface area contributed by atoms with Crippen LogP contribution in [-0.4, -0.2) is 37.0 Å². The van der Waals surface area contributed by atoms with Gasteiger partial charge in [-0.25, -0.2) is 4.98 Å². The van der Waals surface area contributed by atoms with Gasteiger partial charge in [0.05, 0.1) is 24.7 Å². The van der Waals surface area contributed by atoms with Crippen LogP contribution >= 0.6 is 0 Å².